The van der Waals surface area contributed by atoms with Crippen molar-refractivity contribution in [2.75, 3.05) is 0 Å². The van der Waals surface area contributed by atoms with Gasteiger partial charge in [0, 0.05) is 0 Å². The summed E-state index contributed by atoms with van der Waals surface area (Å²) in [6.45, 7) is 24.2. The second kappa shape index (κ2) is 12.3. The van der Waals surface area contributed by atoms with E-state index in [2.05, 4.69) is 0 Å². The molecule has 1 aliphatic heterocycles. The van der Waals surface area contributed by atoms with Crippen LogP contribution in [0.2, 0.25) is 78.6 Å². The van der Waals surface area contributed by atoms with Crippen molar-refractivity contribution in [3.63, 3.8) is 0 Å². The van der Waals surface area contributed by atoms with Crippen molar-refractivity contribution in [3.05, 3.63) is 0 Å². The molecule has 9 nitrogen and oxygen atoms in total. The first-order valence-corrected chi connectivity index (χ1v) is 29.0. The minimum atomic E-state index is -3.69. The number of hydrogen-bond acceptors (Lipinski definition) is 9. The minimum absolute atomic E-state index is 1.24. The Morgan fingerprint density at radius 1 is 0.333 bits per heavy atom. The quantitative estimate of drug-likeness (QED) is 0.326. The zero-order chi connectivity index (χ0) is 23.3. The van der Waals surface area contributed by atoms with E-state index in [-0.39, 0.29) is 0 Å². The van der Waals surface area contributed by atoms with Crippen molar-refractivity contribution >= 4 is 81.4 Å². The van der Waals surface area contributed by atoms with E-state index in [9.17, 15) is 0 Å². The lowest BCUT2D eigenvalue weighted by atomic mass is 11.9. The van der Waals surface area contributed by atoms with Crippen LogP contribution in [0.25, 0.3) is 0 Å². The average Bonchev–Trinajstić information content (AvgIpc) is 2.39. The van der Waals surface area contributed by atoms with Gasteiger partial charge in [-0.3, -0.25) is 0 Å². The number of hydrogen-bond donors (Lipinski definition) is 0. The first-order valence-electron chi connectivity index (χ1n) is 9.67. The smallest absolute Gasteiger partial charge is 0.395 e. The van der Waals surface area contributed by atoms with Gasteiger partial charge in [0.1, 0.15) is 0 Å². The molecule has 6 radical (unpaired) electrons. The molecule has 0 unspecified atom stereocenters. The average molecular weight is 577 g/mol. The highest BCUT2D eigenvalue weighted by Crippen LogP contribution is 2.37. The van der Waals surface area contributed by atoms with Gasteiger partial charge < -0.3 is 37.0 Å². The Labute approximate surface area is 196 Å². The monoisotopic (exact) mass is 576 g/mol. The third-order valence-corrected chi connectivity index (χ3v) is 24.5. The molecule has 0 aromatic heterocycles. The molecule has 0 bridgehead atoms. The van der Waals surface area contributed by atoms with E-state index in [0.717, 1.165) is 0 Å². The summed E-state index contributed by atoms with van der Waals surface area (Å²) in [5.41, 5.74) is 0. The zero-order valence-electron chi connectivity index (χ0n) is 20.2. The van der Waals surface area contributed by atoms with Crippen LogP contribution in [-0.2, 0) is 37.0 Å². The van der Waals surface area contributed by atoms with E-state index in [1.165, 1.54) is 0 Å². The van der Waals surface area contributed by atoms with Crippen LogP contribution in [0.3, 0.4) is 0 Å². The maximum absolute atomic E-state index is 6.47. The fourth-order valence-electron chi connectivity index (χ4n) is 2.33. The van der Waals surface area contributed by atoms with Gasteiger partial charge in [-0.15, -0.1) is 0 Å². The van der Waals surface area contributed by atoms with Gasteiger partial charge in [0.2, 0.25) is 0 Å². The molecular formula is C12H36O9Si9. The lowest BCUT2D eigenvalue weighted by molar-refractivity contribution is -0.0232. The summed E-state index contributed by atoms with van der Waals surface area (Å²) in [6.07, 6.45) is 0. The molecule has 18 heteroatoms. The van der Waals surface area contributed by atoms with Crippen LogP contribution in [0.15, 0.2) is 0 Å². The van der Waals surface area contributed by atoms with E-state index in [1.54, 1.807) is 0 Å². The van der Waals surface area contributed by atoms with Gasteiger partial charge in [0.05, 0.1) is 0 Å². The highest BCUT2D eigenvalue weighted by molar-refractivity contribution is 6.92. The van der Waals surface area contributed by atoms with Crippen LogP contribution >= 0.6 is 0 Å². The Kier molecular flexibility index (Phi) is 12.2. The largest absolute Gasteiger partial charge is 0.646 e. The fraction of sp³-hybridized carbons (Fsp3) is 1.00. The van der Waals surface area contributed by atoms with Crippen molar-refractivity contribution in [2.24, 2.45) is 0 Å². The first-order chi connectivity index (χ1) is 13.6. The second-order valence-electron chi connectivity index (χ2n) is 7.87. The highest BCUT2D eigenvalue weighted by Gasteiger charge is 2.74. The maximum Gasteiger partial charge on any atom is 0.646 e. The predicted octanol–water partition coefficient (Wildman–Crippen LogP) is 2.96. The summed E-state index contributed by atoms with van der Waals surface area (Å²) in [5.74, 6) is 0. The van der Waals surface area contributed by atoms with E-state index in [1.807, 2.05) is 78.6 Å². The van der Waals surface area contributed by atoms with E-state index < -0.39 is 81.4 Å². The lowest BCUT2D eigenvalue weighted by Crippen LogP contribution is -2.78. The highest BCUT2D eigenvalue weighted by atomic mass is 28.6. The van der Waals surface area contributed by atoms with Gasteiger partial charge >= 0.3 is 27.1 Å². The zero-order valence-corrected chi connectivity index (χ0v) is 29.2. The summed E-state index contributed by atoms with van der Waals surface area (Å²) < 4.78 is 57.4. The van der Waals surface area contributed by atoms with Crippen LogP contribution in [0.1, 0.15) is 0 Å². The molecule has 0 aromatic carbocycles. The van der Waals surface area contributed by atoms with E-state index in [4.69, 9.17) is 37.0 Å². The molecule has 1 aliphatic rings. The number of rotatable bonds is 12. The van der Waals surface area contributed by atoms with Crippen LogP contribution in [0.4, 0.5) is 0 Å². The van der Waals surface area contributed by atoms with Crippen molar-refractivity contribution < 1.29 is 37.0 Å². The summed E-state index contributed by atoms with van der Waals surface area (Å²) in [4.78, 5) is 0. The van der Waals surface area contributed by atoms with Gasteiger partial charge in [-0.05, 0) is 78.6 Å². The standard InChI is InChI=1S/C12H36O9Si9/c1-22(2)13-28(14-23(3)4)19-29(15-24(5)6,16-25(7)8)21-30(20-28,17-26(9)10)18-27(11)12/h1-12H3. The molecule has 0 N–H and O–H groups in total. The minimum Gasteiger partial charge on any atom is -0.395 e. The van der Waals surface area contributed by atoms with E-state index in [0.29, 0.717) is 0 Å². The first kappa shape index (κ1) is 29.6. The Bertz CT molecular complexity index is 410. The molecule has 0 atom stereocenters. The maximum atomic E-state index is 6.47. The molecule has 0 amide bonds. The normalized spacial score (nSPS) is 21.0. The predicted molar refractivity (Wildman–Crippen MR) is 132 cm³/mol. The van der Waals surface area contributed by atoms with Crippen molar-refractivity contribution in [3.8, 4) is 0 Å². The topological polar surface area (TPSA) is 83.1 Å². The summed E-state index contributed by atoms with van der Waals surface area (Å²) >= 11 is 0. The molecule has 1 saturated heterocycles. The van der Waals surface area contributed by atoms with Gasteiger partial charge in [-0.1, -0.05) is 0 Å². The molecule has 0 saturated carbocycles. The Hall–Kier alpha value is 1.59. The summed E-state index contributed by atoms with van der Waals surface area (Å²) in [7, 11) is -18.5. The SMILES string of the molecule is C[Si](C)O[Si]1(O[Si](C)C)O[Si](O[Si](C)C)(O[Si](C)C)O[Si](O[Si](C)C)(O[Si](C)C)O1. The molecule has 1 heterocycles. The van der Waals surface area contributed by atoms with Crippen molar-refractivity contribution in [1.82, 2.24) is 0 Å². The van der Waals surface area contributed by atoms with Crippen LogP contribution in [-0.4, -0.2) is 81.4 Å². The second-order valence-corrected chi connectivity index (χ2v) is 29.1. The Morgan fingerprint density at radius 3 is 0.567 bits per heavy atom. The van der Waals surface area contributed by atoms with Gasteiger partial charge in [0.15, 0.2) is 54.2 Å². The molecule has 174 valence electrons. The summed E-state index contributed by atoms with van der Waals surface area (Å²) in [5, 5.41) is 0. The van der Waals surface area contributed by atoms with Crippen LogP contribution < -0.4 is 0 Å². The van der Waals surface area contributed by atoms with Gasteiger partial charge in [-0.2, -0.15) is 0 Å². The lowest BCUT2D eigenvalue weighted by Gasteiger charge is -2.49. The van der Waals surface area contributed by atoms with Gasteiger partial charge in [0.25, 0.3) is 0 Å². The van der Waals surface area contributed by atoms with Gasteiger partial charge in [-0.25, -0.2) is 0 Å². The molecule has 0 aromatic rings. The molecular weight excluding hydrogens is 541 g/mol. The molecule has 1 rings (SSSR count). The fourth-order valence-corrected chi connectivity index (χ4v) is 27.8. The molecule has 30 heavy (non-hydrogen) atoms. The van der Waals surface area contributed by atoms with Crippen LogP contribution in [0.5, 0.6) is 0 Å². The van der Waals surface area contributed by atoms with E-state index >= 15 is 0 Å². The Morgan fingerprint density at radius 2 is 0.467 bits per heavy atom. The summed E-state index contributed by atoms with van der Waals surface area (Å²) in [6, 6.07) is 0. The molecule has 1 fully saturated rings. The third-order valence-electron chi connectivity index (χ3n) is 2.72. The molecule has 0 spiro atoms. The van der Waals surface area contributed by atoms with Crippen molar-refractivity contribution in [2.45, 2.75) is 78.6 Å². The van der Waals surface area contributed by atoms with Crippen LogP contribution in [0, 0.1) is 0 Å². The third kappa shape index (κ3) is 9.84. The van der Waals surface area contributed by atoms with Crippen molar-refractivity contribution in [1.29, 1.82) is 0 Å². The molecule has 0 aliphatic carbocycles. The Balaban J connectivity index is 3.63.